The Morgan fingerprint density at radius 2 is 1.57 bits per heavy atom. The number of carbonyl (C=O) groups excluding carboxylic acids is 2. The molecule has 0 aromatic heterocycles. The quantitative estimate of drug-likeness (QED) is 0.825. The van der Waals surface area contributed by atoms with Crippen LogP contribution in [-0.4, -0.2) is 18.9 Å². The van der Waals surface area contributed by atoms with Gasteiger partial charge in [-0.3, -0.25) is 4.79 Å². The zero-order valence-electron chi connectivity index (χ0n) is 11.6. The summed E-state index contributed by atoms with van der Waals surface area (Å²) >= 11 is 0. The van der Waals surface area contributed by atoms with Gasteiger partial charge in [0.2, 0.25) is 5.91 Å². The van der Waals surface area contributed by atoms with Crippen molar-refractivity contribution in [1.29, 1.82) is 0 Å². The Kier molecular flexibility index (Phi) is 4.56. The van der Waals surface area contributed by atoms with Crippen molar-refractivity contribution in [2.24, 2.45) is 5.73 Å². The molecule has 0 radical (unpaired) electrons. The van der Waals surface area contributed by atoms with Gasteiger partial charge in [0.15, 0.2) is 0 Å². The van der Waals surface area contributed by atoms with Crippen LogP contribution in [0.4, 0.5) is 5.69 Å². The van der Waals surface area contributed by atoms with E-state index in [0.717, 1.165) is 11.3 Å². The van der Waals surface area contributed by atoms with Gasteiger partial charge in [0.05, 0.1) is 5.56 Å². The van der Waals surface area contributed by atoms with E-state index < -0.39 is 11.9 Å². The maximum Gasteiger partial charge on any atom is 0.338 e. The molecule has 2 rings (SSSR count). The Bertz CT molecular complexity index is 634. The Labute approximate surface area is 122 Å². The minimum absolute atomic E-state index is 0.144. The van der Waals surface area contributed by atoms with E-state index >= 15 is 0 Å². The van der Waals surface area contributed by atoms with Crippen molar-refractivity contribution in [2.45, 2.75) is 6.61 Å². The van der Waals surface area contributed by atoms with Crippen LogP contribution in [0.15, 0.2) is 48.5 Å². The first-order chi connectivity index (χ1) is 10.1. The van der Waals surface area contributed by atoms with Crippen LogP contribution in [0, 0.1) is 0 Å². The van der Waals surface area contributed by atoms with E-state index in [1.54, 1.807) is 48.5 Å². The van der Waals surface area contributed by atoms with Crippen molar-refractivity contribution in [1.82, 2.24) is 0 Å². The summed E-state index contributed by atoms with van der Waals surface area (Å²) in [4.78, 5) is 22.8. The molecule has 3 N–H and O–H groups in total. The van der Waals surface area contributed by atoms with Crippen LogP contribution < -0.4 is 11.1 Å². The van der Waals surface area contributed by atoms with Crippen LogP contribution in [0.1, 0.15) is 26.3 Å². The molecule has 2 aromatic rings. The van der Waals surface area contributed by atoms with Gasteiger partial charge in [0.25, 0.3) is 0 Å². The highest BCUT2D eigenvalue weighted by molar-refractivity contribution is 5.92. The zero-order valence-corrected chi connectivity index (χ0v) is 11.6. The van der Waals surface area contributed by atoms with Gasteiger partial charge >= 0.3 is 5.97 Å². The molecule has 0 bridgehead atoms. The van der Waals surface area contributed by atoms with Gasteiger partial charge in [-0.25, -0.2) is 4.79 Å². The fraction of sp³-hybridized carbons (Fsp3) is 0.125. The standard InChI is InChI=1S/C16H16N2O3/c1-18-14-8-6-13(7-9-14)16(20)21-10-11-2-4-12(5-3-11)15(17)19/h2-9,18H,10H2,1H3,(H2,17,19). The Morgan fingerprint density at radius 3 is 2.10 bits per heavy atom. The van der Waals surface area contributed by atoms with E-state index in [-0.39, 0.29) is 6.61 Å². The second kappa shape index (κ2) is 6.56. The minimum atomic E-state index is -0.483. The lowest BCUT2D eigenvalue weighted by atomic mass is 10.1. The third-order valence-electron chi connectivity index (χ3n) is 3.02. The smallest absolute Gasteiger partial charge is 0.338 e. The van der Waals surface area contributed by atoms with Crippen molar-refractivity contribution in [3.05, 3.63) is 65.2 Å². The first-order valence-electron chi connectivity index (χ1n) is 6.44. The van der Waals surface area contributed by atoms with Crippen molar-refractivity contribution in [3.8, 4) is 0 Å². The number of benzene rings is 2. The number of hydrogen-bond acceptors (Lipinski definition) is 4. The number of hydrogen-bond donors (Lipinski definition) is 2. The number of esters is 1. The van der Waals surface area contributed by atoms with E-state index in [1.807, 2.05) is 7.05 Å². The van der Waals surface area contributed by atoms with Crippen LogP contribution in [0.25, 0.3) is 0 Å². The van der Waals surface area contributed by atoms with E-state index in [0.29, 0.717) is 11.1 Å². The van der Waals surface area contributed by atoms with Crippen molar-refractivity contribution >= 4 is 17.6 Å². The summed E-state index contributed by atoms with van der Waals surface area (Å²) in [6, 6.07) is 13.6. The highest BCUT2D eigenvalue weighted by Gasteiger charge is 2.07. The summed E-state index contributed by atoms with van der Waals surface area (Å²) in [6.07, 6.45) is 0. The van der Waals surface area contributed by atoms with Gasteiger partial charge in [-0.1, -0.05) is 12.1 Å². The van der Waals surface area contributed by atoms with Crippen LogP contribution >= 0.6 is 0 Å². The maximum atomic E-state index is 11.9. The molecule has 0 heterocycles. The third-order valence-corrected chi connectivity index (χ3v) is 3.02. The topological polar surface area (TPSA) is 81.4 Å². The number of nitrogens with one attached hydrogen (secondary N) is 1. The number of anilines is 1. The van der Waals surface area contributed by atoms with Crippen molar-refractivity contribution in [3.63, 3.8) is 0 Å². The molecule has 0 atom stereocenters. The van der Waals surface area contributed by atoms with E-state index in [1.165, 1.54) is 0 Å². The average molecular weight is 284 g/mol. The lowest BCUT2D eigenvalue weighted by Crippen LogP contribution is -2.11. The monoisotopic (exact) mass is 284 g/mol. The second-order valence-electron chi connectivity index (χ2n) is 4.46. The average Bonchev–Trinajstić information content (AvgIpc) is 2.53. The van der Waals surface area contributed by atoms with Crippen LogP contribution in [0.5, 0.6) is 0 Å². The molecule has 0 unspecified atom stereocenters. The number of primary amides is 1. The van der Waals surface area contributed by atoms with Crippen molar-refractivity contribution in [2.75, 3.05) is 12.4 Å². The number of carbonyl (C=O) groups is 2. The maximum absolute atomic E-state index is 11.9. The molecule has 0 saturated heterocycles. The highest BCUT2D eigenvalue weighted by atomic mass is 16.5. The number of nitrogens with two attached hydrogens (primary N) is 1. The van der Waals surface area contributed by atoms with Gasteiger partial charge in [-0.2, -0.15) is 0 Å². The van der Waals surface area contributed by atoms with E-state index in [4.69, 9.17) is 10.5 Å². The molecule has 0 spiro atoms. The molecule has 21 heavy (non-hydrogen) atoms. The lowest BCUT2D eigenvalue weighted by Gasteiger charge is -2.06. The summed E-state index contributed by atoms with van der Waals surface area (Å²) in [6.45, 7) is 0.144. The van der Waals surface area contributed by atoms with Gasteiger partial charge in [-0.15, -0.1) is 0 Å². The highest BCUT2D eigenvalue weighted by Crippen LogP contribution is 2.11. The van der Waals surface area contributed by atoms with E-state index in [9.17, 15) is 9.59 Å². The lowest BCUT2D eigenvalue weighted by molar-refractivity contribution is 0.0472. The summed E-state index contributed by atoms with van der Waals surface area (Å²) in [5, 5.41) is 2.98. The fourth-order valence-corrected chi connectivity index (χ4v) is 1.77. The molecule has 0 aliphatic rings. The molecule has 0 aliphatic carbocycles. The minimum Gasteiger partial charge on any atom is -0.457 e. The SMILES string of the molecule is CNc1ccc(C(=O)OCc2ccc(C(N)=O)cc2)cc1. The number of amides is 1. The molecule has 0 fully saturated rings. The molecule has 5 nitrogen and oxygen atoms in total. The fourth-order valence-electron chi connectivity index (χ4n) is 1.77. The Balaban J connectivity index is 1.95. The summed E-state index contributed by atoms with van der Waals surface area (Å²) in [5.74, 6) is -0.875. The van der Waals surface area contributed by atoms with Gasteiger partial charge < -0.3 is 15.8 Å². The van der Waals surface area contributed by atoms with Crippen LogP contribution in [-0.2, 0) is 11.3 Å². The van der Waals surface area contributed by atoms with Gasteiger partial charge in [0, 0.05) is 18.3 Å². The molecular weight excluding hydrogens is 268 g/mol. The first-order valence-corrected chi connectivity index (χ1v) is 6.44. The number of rotatable bonds is 5. The largest absolute Gasteiger partial charge is 0.457 e. The molecule has 5 heteroatoms. The molecule has 1 amide bonds. The normalized spacial score (nSPS) is 9.95. The predicted molar refractivity (Wildman–Crippen MR) is 80.1 cm³/mol. The summed E-state index contributed by atoms with van der Waals surface area (Å²) in [5.41, 5.74) is 7.79. The van der Waals surface area contributed by atoms with Gasteiger partial charge in [-0.05, 0) is 42.0 Å². The predicted octanol–water partition coefficient (Wildman–Crippen LogP) is 2.18. The molecule has 108 valence electrons. The van der Waals surface area contributed by atoms with Crippen molar-refractivity contribution < 1.29 is 14.3 Å². The first kappa shape index (κ1) is 14.6. The Hall–Kier alpha value is -2.82. The molecule has 0 aliphatic heterocycles. The Morgan fingerprint density at radius 1 is 1.00 bits per heavy atom. The molecule has 0 saturated carbocycles. The summed E-state index contributed by atoms with van der Waals surface area (Å²) in [7, 11) is 1.81. The molecule has 2 aromatic carbocycles. The summed E-state index contributed by atoms with van der Waals surface area (Å²) < 4.78 is 5.21. The number of ether oxygens (including phenoxy) is 1. The third kappa shape index (κ3) is 3.82. The zero-order chi connectivity index (χ0) is 15.2. The second-order valence-corrected chi connectivity index (χ2v) is 4.46. The van der Waals surface area contributed by atoms with Crippen LogP contribution in [0.2, 0.25) is 0 Å². The van der Waals surface area contributed by atoms with Crippen LogP contribution in [0.3, 0.4) is 0 Å². The van der Waals surface area contributed by atoms with Gasteiger partial charge in [0.1, 0.15) is 6.61 Å². The van der Waals surface area contributed by atoms with E-state index in [2.05, 4.69) is 5.32 Å². The molecular formula is C16H16N2O3.